The molecule has 0 aliphatic rings. The molecule has 0 spiro atoms. The highest BCUT2D eigenvalue weighted by atomic mass is 19.4. The van der Waals surface area contributed by atoms with Gasteiger partial charge in [-0.15, -0.1) is 5.10 Å². The first-order valence-electron chi connectivity index (χ1n) is 5.92. The fourth-order valence-corrected chi connectivity index (χ4v) is 1.70. The molecule has 7 nitrogen and oxygen atoms in total. The molecule has 118 valence electrons. The lowest BCUT2D eigenvalue weighted by atomic mass is 10.1. The molecule has 0 aliphatic heterocycles. The number of nitrogens with zero attached hydrogens (tertiary/aromatic N) is 2. The topological polar surface area (TPSA) is 89.0 Å². The highest BCUT2D eigenvalue weighted by molar-refractivity contribution is 6.01. The Kier molecular flexibility index (Phi) is 3.93. The molecule has 2 N–H and O–H groups in total. The summed E-state index contributed by atoms with van der Waals surface area (Å²) in [6.07, 6.45) is -4.63. The summed E-state index contributed by atoms with van der Waals surface area (Å²) in [5.41, 5.74) is -1.75. The molecule has 10 heteroatoms. The number of methoxy groups -OCH3 is 1. The zero-order valence-electron chi connectivity index (χ0n) is 11.5. The van der Waals surface area contributed by atoms with Crippen molar-refractivity contribution >= 4 is 11.6 Å². The van der Waals surface area contributed by atoms with E-state index in [1.165, 1.54) is 13.1 Å². The molecule has 0 fully saturated rings. The van der Waals surface area contributed by atoms with Crippen molar-refractivity contribution in [3.05, 3.63) is 40.1 Å². The van der Waals surface area contributed by atoms with E-state index in [4.69, 9.17) is 0 Å². The van der Waals surface area contributed by atoms with Crippen LogP contribution in [-0.4, -0.2) is 27.8 Å². The lowest BCUT2D eigenvalue weighted by Crippen LogP contribution is -2.16. The van der Waals surface area contributed by atoms with Crippen LogP contribution in [0.15, 0.2) is 23.0 Å². The van der Waals surface area contributed by atoms with Gasteiger partial charge in [-0.3, -0.25) is 9.78 Å². The zero-order valence-corrected chi connectivity index (χ0v) is 11.5. The van der Waals surface area contributed by atoms with Gasteiger partial charge in [0.05, 0.1) is 12.7 Å². The second kappa shape index (κ2) is 5.54. The van der Waals surface area contributed by atoms with Gasteiger partial charge in [0.1, 0.15) is 5.75 Å². The Morgan fingerprint density at radius 2 is 2.09 bits per heavy atom. The second-order valence-corrected chi connectivity index (χ2v) is 4.27. The maximum atomic E-state index is 12.9. The predicted molar refractivity (Wildman–Crippen MR) is 69.8 cm³/mol. The van der Waals surface area contributed by atoms with E-state index in [-0.39, 0.29) is 17.3 Å². The summed E-state index contributed by atoms with van der Waals surface area (Å²) in [7, 11) is 2.44. The normalized spacial score (nSPS) is 11.3. The third kappa shape index (κ3) is 3.10. The zero-order chi connectivity index (χ0) is 16.5. The average molecular weight is 316 g/mol. The van der Waals surface area contributed by atoms with E-state index in [2.05, 4.69) is 20.1 Å². The maximum absolute atomic E-state index is 12.9. The molecular weight excluding hydrogens is 305 g/mol. The number of carbonyl (C=O) groups excluding carboxylic acids is 1. The SMILES string of the molecule is COc1ccc(NC(=O)c2nn(C)c(=O)[nH]2)cc1C(F)(F)F. The van der Waals surface area contributed by atoms with E-state index in [0.29, 0.717) is 0 Å². The standard InChI is InChI=1S/C12H11F3N4O3/c1-19-11(21)17-9(18-19)10(20)16-6-3-4-8(22-2)7(5-6)12(13,14)15/h3-5H,1-2H3,(H,16,20)(H,17,18,21). The Bertz CT molecular complexity index is 764. The summed E-state index contributed by atoms with van der Waals surface area (Å²) in [4.78, 5) is 25.2. The number of hydrogen-bond donors (Lipinski definition) is 2. The quantitative estimate of drug-likeness (QED) is 0.895. The summed E-state index contributed by atoms with van der Waals surface area (Å²) in [6.45, 7) is 0. The molecule has 0 saturated heterocycles. The smallest absolute Gasteiger partial charge is 0.420 e. The molecule has 0 aliphatic carbocycles. The number of alkyl halides is 3. The molecule has 0 bridgehead atoms. The number of aryl methyl sites for hydroxylation is 1. The number of hydrogen-bond acceptors (Lipinski definition) is 4. The van der Waals surface area contributed by atoms with E-state index >= 15 is 0 Å². The average Bonchev–Trinajstić information content (AvgIpc) is 2.78. The summed E-state index contributed by atoms with van der Waals surface area (Å²) in [6, 6.07) is 3.06. The van der Waals surface area contributed by atoms with E-state index in [1.807, 2.05) is 0 Å². The van der Waals surface area contributed by atoms with E-state index < -0.39 is 23.3 Å². The van der Waals surface area contributed by atoms with E-state index in [1.54, 1.807) is 0 Å². The number of anilines is 1. The fourth-order valence-electron chi connectivity index (χ4n) is 1.70. The van der Waals surface area contributed by atoms with Crippen LogP contribution in [0.1, 0.15) is 16.2 Å². The molecule has 1 amide bonds. The summed E-state index contributed by atoms with van der Waals surface area (Å²) in [5, 5.41) is 5.82. The van der Waals surface area contributed by atoms with Gasteiger partial charge in [-0.2, -0.15) is 13.2 Å². The first-order valence-corrected chi connectivity index (χ1v) is 5.92. The first-order chi connectivity index (χ1) is 10.2. The van der Waals surface area contributed by atoms with Gasteiger partial charge in [0.15, 0.2) is 0 Å². The molecule has 22 heavy (non-hydrogen) atoms. The van der Waals surface area contributed by atoms with E-state index in [0.717, 1.165) is 23.9 Å². The number of rotatable bonds is 3. The van der Waals surface area contributed by atoms with Crippen molar-refractivity contribution in [2.75, 3.05) is 12.4 Å². The van der Waals surface area contributed by atoms with Crippen molar-refractivity contribution in [1.82, 2.24) is 14.8 Å². The van der Waals surface area contributed by atoms with Crippen molar-refractivity contribution in [3.8, 4) is 5.75 Å². The fraction of sp³-hybridized carbons (Fsp3) is 0.250. The number of halogens is 3. The van der Waals surface area contributed by atoms with E-state index in [9.17, 15) is 22.8 Å². The van der Waals surface area contributed by atoms with Crippen LogP contribution in [0.5, 0.6) is 5.75 Å². The van der Waals surface area contributed by atoms with Gasteiger partial charge >= 0.3 is 11.9 Å². The van der Waals surface area contributed by atoms with Gasteiger partial charge in [-0.1, -0.05) is 0 Å². The van der Waals surface area contributed by atoms with Crippen LogP contribution in [0.4, 0.5) is 18.9 Å². The highest BCUT2D eigenvalue weighted by Gasteiger charge is 2.34. The van der Waals surface area contributed by atoms with Crippen LogP contribution < -0.4 is 15.7 Å². The number of aromatic nitrogens is 3. The molecule has 1 heterocycles. The first kappa shape index (κ1) is 15.6. The molecule has 2 aromatic rings. The molecule has 0 radical (unpaired) electrons. The summed E-state index contributed by atoms with van der Waals surface area (Å²) >= 11 is 0. The van der Waals surface area contributed by atoms with Gasteiger partial charge < -0.3 is 10.1 Å². The molecule has 1 aromatic heterocycles. The predicted octanol–water partition coefficient (Wildman–Crippen LogP) is 1.39. The van der Waals surface area contributed by atoms with Crippen LogP contribution in [0.25, 0.3) is 0 Å². The molecular formula is C12H11F3N4O3. The summed E-state index contributed by atoms with van der Waals surface area (Å²) < 4.78 is 44.2. The van der Waals surface area contributed by atoms with Crippen LogP contribution in [-0.2, 0) is 13.2 Å². The minimum atomic E-state index is -4.63. The Morgan fingerprint density at radius 1 is 1.41 bits per heavy atom. The van der Waals surface area contributed by atoms with Crippen molar-refractivity contribution in [3.63, 3.8) is 0 Å². The van der Waals surface area contributed by atoms with Crippen LogP contribution in [0.3, 0.4) is 0 Å². The van der Waals surface area contributed by atoms with Gasteiger partial charge in [0.25, 0.3) is 5.91 Å². The minimum absolute atomic E-state index is 0.107. The Balaban J connectivity index is 2.30. The largest absolute Gasteiger partial charge is 0.496 e. The maximum Gasteiger partial charge on any atom is 0.420 e. The van der Waals surface area contributed by atoms with Gasteiger partial charge in [-0.25, -0.2) is 9.48 Å². The Labute approximate surface area is 121 Å². The Morgan fingerprint density at radius 3 is 2.59 bits per heavy atom. The van der Waals surface area contributed by atoms with Crippen molar-refractivity contribution < 1.29 is 22.7 Å². The lowest BCUT2D eigenvalue weighted by Gasteiger charge is -2.13. The third-order valence-corrected chi connectivity index (χ3v) is 2.75. The molecule has 0 atom stereocenters. The molecule has 1 aromatic carbocycles. The number of nitrogens with one attached hydrogen (secondary N) is 2. The Hall–Kier alpha value is -2.78. The van der Waals surface area contributed by atoms with Gasteiger partial charge in [0, 0.05) is 12.7 Å². The number of benzene rings is 1. The van der Waals surface area contributed by atoms with Crippen LogP contribution in [0, 0.1) is 0 Å². The molecule has 2 rings (SSSR count). The van der Waals surface area contributed by atoms with Crippen molar-refractivity contribution in [2.45, 2.75) is 6.18 Å². The van der Waals surface area contributed by atoms with Crippen LogP contribution in [0.2, 0.25) is 0 Å². The third-order valence-electron chi connectivity index (χ3n) is 2.75. The van der Waals surface area contributed by atoms with Crippen molar-refractivity contribution in [1.29, 1.82) is 0 Å². The highest BCUT2D eigenvalue weighted by Crippen LogP contribution is 2.37. The second-order valence-electron chi connectivity index (χ2n) is 4.27. The number of carbonyl (C=O) groups is 1. The molecule has 0 unspecified atom stereocenters. The molecule has 0 saturated carbocycles. The van der Waals surface area contributed by atoms with Gasteiger partial charge in [0.2, 0.25) is 5.82 Å². The number of aromatic amines is 1. The van der Waals surface area contributed by atoms with Gasteiger partial charge in [-0.05, 0) is 18.2 Å². The number of ether oxygens (including phenoxy) is 1. The lowest BCUT2D eigenvalue weighted by molar-refractivity contribution is -0.138. The summed E-state index contributed by atoms with van der Waals surface area (Å²) in [5.74, 6) is -1.51. The number of H-pyrrole nitrogens is 1. The van der Waals surface area contributed by atoms with Crippen LogP contribution >= 0.6 is 0 Å². The monoisotopic (exact) mass is 316 g/mol. The number of amides is 1. The minimum Gasteiger partial charge on any atom is -0.496 e. The van der Waals surface area contributed by atoms with Crippen molar-refractivity contribution in [2.24, 2.45) is 7.05 Å².